The number of halogens is 1. The van der Waals surface area contributed by atoms with Crippen LogP contribution in [0, 0.1) is 5.82 Å². The number of nitrogens with two attached hydrogens (primary N) is 1. The molecule has 4 heteroatoms. The highest BCUT2D eigenvalue weighted by molar-refractivity contribution is 5.22. The molecule has 1 fully saturated rings. The second-order valence-corrected chi connectivity index (χ2v) is 4.98. The van der Waals surface area contributed by atoms with Gasteiger partial charge in [-0.15, -0.1) is 0 Å². The second kappa shape index (κ2) is 5.78. The van der Waals surface area contributed by atoms with E-state index in [2.05, 4.69) is 4.90 Å². The van der Waals surface area contributed by atoms with E-state index < -0.39 is 0 Å². The molecule has 0 amide bonds. The van der Waals surface area contributed by atoms with E-state index in [9.17, 15) is 4.39 Å². The summed E-state index contributed by atoms with van der Waals surface area (Å²) in [6, 6.07) is 6.80. The summed E-state index contributed by atoms with van der Waals surface area (Å²) in [6.45, 7) is 6.08. The Morgan fingerprint density at radius 1 is 1.33 bits per heavy atom. The van der Waals surface area contributed by atoms with Crippen LogP contribution in [0.3, 0.4) is 0 Å². The van der Waals surface area contributed by atoms with E-state index in [0.717, 1.165) is 13.1 Å². The van der Waals surface area contributed by atoms with E-state index in [1.165, 1.54) is 6.07 Å². The predicted molar refractivity (Wildman–Crippen MR) is 69.8 cm³/mol. The fraction of sp³-hybridized carbons (Fsp3) is 0.571. The summed E-state index contributed by atoms with van der Waals surface area (Å²) in [4.78, 5) is 2.22. The van der Waals surface area contributed by atoms with Crippen molar-refractivity contribution in [3.05, 3.63) is 35.6 Å². The zero-order valence-electron chi connectivity index (χ0n) is 11.0. The molecule has 2 N–H and O–H groups in total. The van der Waals surface area contributed by atoms with Gasteiger partial charge >= 0.3 is 0 Å². The first kappa shape index (κ1) is 13.5. The smallest absolute Gasteiger partial charge is 0.128 e. The SMILES string of the molecule is C[C@H]1CN([C@@H](CN)c2ccccc2F)C[C@H](C)O1. The average Bonchev–Trinajstić information content (AvgIpc) is 2.31. The fourth-order valence-corrected chi connectivity index (χ4v) is 2.69. The number of rotatable bonds is 3. The molecular formula is C14H21FN2O. The molecule has 0 saturated carbocycles. The van der Waals surface area contributed by atoms with Crippen molar-refractivity contribution >= 4 is 0 Å². The molecule has 0 bridgehead atoms. The molecule has 0 aliphatic carbocycles. The van der Waals surface area contributed by atoms with Gasteiger partial charge in [0, 0.05) is 25.2 Å². The summed E-state index contributed by atoms with van der Waals surface area (Å²) in [5.41, 5.74) is 6.53. The molecule has 18 heavy (non-hydrogen) atoms. The van der Waals surface area contributed by atoms with Gasteiger partial charge in [-0.25, -0.2) is 4.39 Å². The Kier molecular flexibility index (Phi) is 4.32. The third-order valence-electron chi connectivity index (χ3n) is 3.38. The van der Waals surface area contributed by atoms with Gasteiger partial charge in [0.1, 0.15) is 5.82 Å². The van der Waals surface area contributed by atoms with Gasteiger partial charge < -0.3 is 10.5 Å². The van der Waals surface area contributed by atoms with E-state index in [0.29, 0.717) is 12.1 Å². The van der Waals surface area contributed by atoms with Crippen LogP contribution in [0.4, 0.5) is 4.39 Å². The minimum absolute atomic E-state index is 0.0694. The normalized spacial score (nSPS) is 27.1. The monoisotopic (exact) mass is 252 g/mol. The third kappa shape index (κ3) is 2.88. The van der Waals surface area contributed by atoms with Gasteiger partial charge in [0.05, 0.1) is 18.2 Å². The summed E-state index contributed by atoms with van der Waals surface area (Å²) in [5.74, 6) is -0.181. The van der Waals surface area contributed by atoms with Crippen LogP contribution in [0.1, 0.15) is 25.5 Å². The van der Waals surface area contributed by atoms with Gasteiger partial charge in [0.25, 0.3) is 0 Å². The summed E-state index contributed by atoms with van der Waals surface area (Å²) in [6.07, 6.45) is 0.323. The molecule has 1 aliphatic rings. The van der Waals surface area contributed by atoms with Crippen LogP contribution < -0.4 is 5.73 Å². The van der Waals surface area contributed by atoms with Crippen molar-refractivity contribution in [3.8, 4) is 0 Å². The molecule has 0 unspecified atom stereocenters. The van der Waals surface area contributed by atoms with Crippen molar-refractivity contribution in [1.29, 1.82) is 0 Å². The summed E-state index contributed by atoms with van der Waals surface area (Å²) in [7, 11) is 0. The van der Waals surface area contributed by atoms with Crippen LogP contribution in [0.25, 0.3) is 0 Å². The Balaban J connectivity index is 2.20. The van der Waals surface area contributed by atoms with Crippen LogP contribution in [0.5, 0.6) is 0 Å². The Bertz CT molecular complexity index is 389. The molecule has 3 atom stereocenters. The molecule has 1 aliphatic heterocycles. The topological polar surface area (TPSA) is 38.5 Å². The zero-order valence-corrected chi connectivity index (χ0v) is 11.0. The van der Waals surface area contributed by atoms with Crippen LogP contribution >= 0.6 is 0 Å². The fourth-order valence-electron chi connectivity index (χ4n) is 2.69. The van der Waals surface area contributed by atoms with E-state index in [1.807, 2.05) is 26.0 Å². The van der Waals surface area contributed by atoms with Crippen LogP contribution in [0.2, 0.25) is 0 Å². The molecule has 0 aromatic heterocycles. The van der Waals surface area contributed by atoms with Gasteiger partial charge in [-0.05, 0) is 19.9 Å². The molecule has 3 nitrogen and oxygen atoms in total. The maximum atomic E-state index is 13.9. The first-order chi connectivity index (χ1) is 8.61. The largest absolute Gasteiger partial charge is 0.373 e. The lowest BCUT2D eigenvalue weighted by Crippen LogP contribution is -2.48. The van der Waals surface area contributed by atoms with Crippen molar-refractivity contribution in [3.63, 3.8) is 0 Å². The van der Waals surface area contributed by atoms with Gasteiger partial charge in [0.15, 0.2) is 0 Å². The lowest BCUT2D eigenvalue weighted by atomic mass is 10.0. The van der Waals surface area contributed by atoms with Gasteiger partial charge in [0.2, 0.25) is 0 Å². The Hall–Kier alpha value is -0.970. The van der Waals surface area contributed by atoms with Crippen LogP contribution in [0.15, 0.2) is 24.3 Å². The number of hydrogen-bond donors (Lipinski definition) is 1. The van der Waals surface area contributed by atoms with Gasteiger partial charge in [-0.3, -0.25) is 4.90 Å². The quantitative estimate of drug-likeness (QED) is 0.893. The van der Waals surface area contributed by atoms with Gasteiger partial charge in [-0.2, -0.15) is 0 Å². The Labute approximate surface area is 108 Å². The highest BCUT2D eigenvalue weighted by atomic mass is 19.1. The molecule has 1 heterocycles. The lowest BCUT2D eigenvalue weighted by molar-refractivity contribution is -0.0802. The van der Waals surface area contributed by atoms with E-state index >= 15 is 0 Å². The van der Waals surface area contributed by atoms with Crippen molar-refractivity contribution in [1.82, 2.24) is 4.90 Å². The number of hydrogen-bond acceptors (Lipinski definition) is 3. The maximum absolute atomic E-state index is 13.9. The first-order valence-corrected chi connectivity index (χ1v) is 6.45. The average molecular weight is 252 g/mol. The van der Waals surface area contributed by atoms with Crippen molar-refractivity contribution in [2.45, 2.75) is 32.1 Å². The number of morpholine rings is 1. The van der Waals surface area contributed by atoms with E-state index in [4.69, 9.17) is 10.5 Å². The molecule has 1 aromatic rings. The third-order valence-corrected chi connectivity index (χ3v) is 3.38. The molecule has 0 radical (unpaired) electrons. The molecule has 1 saturated heterocycles. The van der Waals surface area contributed by atoms with Crippen molar-refractivity contribution in [2.75, 3.05) is 19.6 Å². The maximum Gasteiger partial charge on any atom is 0.128 e. The van der Waals surface area contributed by atoms with Crippen LogP contribution in [-0.2, 0) is 4.74 Å². The number of ether oxygens (including phenoxy) is 1. The predicted octanol–water partition coefficient (Wildman–Crippen LogP) is 1.93. The Morgan fingerprint density at radius 3 is 2.50 bits per heavy atom. The van der Waals surface area contributed by atoms with Gasteiger partial charge in [-0.1, -0.05) is 18.2 Å². The standard InChI is InChI=1S/C14H21FN2O/c1-10-8-17(9-11(2)18-10)14(7-16)12-5-3-4-6-13(12)15/h3-6,10-11,14H,7-9,16H2,1-2H3/t10-,11-,14-/m0/s1. The Morgan fingerprint density at radius 2 is 1.94 bits per heavy atom. The lowest BCUT2D eigenvalue weighted by Gasteiger charge is -2.40. The van der Waals surface area contributed by atoms with Crippen molar-refractivity contribution in [2.24, 2.45) is 5.73 Å². The highest BCUT2D eigenvalue weighted by Gasteiger charge is 2.29. The number of benzene rings is 1. The minimum atomic E-state index is -0.181. The summed E-state index contributed by atoms with van der Waals surface area (Å²) < 4.78 is 19.6. The molecule has 100 valence electrons. The first-order valence-electron chi connectivity index (χ1n) is 6.45. The minimum Gasteiger partial charge on any atom is -0.373 e. The molecule has 1 aromatic carbocycles. The summed E-state index contributed by atoms with van der Waals surface area (Å²) >= 11 is 0. The zero-order chi connectivity index (χ0) is 13.1. The van der Waals surface area contributed by atoms with E-state index in [-0.39, 0.29) is 24.1 Å². The van der Waals surface area contributed by atoms with E-state index in [1.54, 1.807) is 6.07 Å². The number of nitrogens with zero attached hydrogens (tertiary/aromatic N) is 1. The van der Waals surface area contributed by atoms with Crippen molar-refractivity contribution < 1.29 is 9.13 Å². The molecule has 2 rings (SSSR count). The molecule has 0 spiro atoms. The summed E-state index contributed by atoms with van der Waals surface area (Å²) in [5, 5.41) is 0. The highest BCUT2D eigenvalue weighted by Crippen LogP contribution is 2.25. The van der Waals surface area contributed by atoms with Crippen LogP contribution in [-0.4, -0.2) is 36.7 Å². The second-order valence-electron chi connectivity index (χ2n) is 4.98. The molecular weight excluding hydrogens is 231 g/mol.